The molecule has 0 saturated heterocycles. The highest BCUT2D eigenvalue weighted by molar-refractivity contribution is 5.91. The molecule has 1 heterocycles. The first-order chi connectivity index (χ1) is 11.2. The topological polar surface area (TPSA) is 84.7 Å². The van der Waals surface area contributed by atoms with E-state index in [2.05, 4.69) is 5.10 Å². The van der Waals surface area contributed by atoms with Crippen molar-refractivity contribution in [3.05, 3.63) is 47.8 Å². The van der Waals surface area contributed by atoms with Crippen LogP contribution in [0.5, 0.6) is 0 Å². The Kier molecular flexibility index (Phi) is 4.92. The molecule has 0 spiro atoms. The molecule has 128 valence electrons. The number of ether oxygens (including phenoxy) is 1. The molecule has 0 fully saturated rings. The lowest BCUT2D eigenvalue weighted by molar-refractivity contribution is 0.0577. The summed E-state index contributed by atoms with van der Waals surface area (Å²) in [4.78, 5) is 25.0. The van der Waals surface area contributed by atoms with Crippen LogP contribution in [0.4, 0.5) is 10.5 Å². The molecule has 7 nitrogen and oxygen atoms in total. The van der Waals surface area contributed by atoms with Crippen LogP contribution in [-0.4, -0.2) is 32.6 Å². The second-order valence-electron chi connectivity index (χ2n) is 6.44. The Balaban J connectivity index is 2.30. The zero-order valence-corrected chi connectivity index (χ0v) is 14.2. The number of carbonyl (C=O) groups is 2. The maximum atomic E-state index is 12.5. The van der Waals surface area contributed by atoms with Crippen molar-refractivity contribution in [3.63, 3.8) is 0 Å². The quantitative estimate of drug-likeness (QED) is 0.930. The first-order valence-electron chi connectivity index (χ1n) is 7.47. The van der Waals surface area contributed by atoms with Crippen molar-refractivity contribution in [1.29, 1.82) is 0 Å². The lowest BCUT2D eigenvalue weighted by atomic mass is 10.2. The average Bonchev–Trinajstić information content (AvgIpc) is 2.88. The molecule has 1 N–H and O–H groups in total. The van der Waals surface area contributed by atoms with Crippen LogP contribution in [0.25, 0.3) is 0 Å². The van der Waals surface area contributed by atoms with Crippen LogP contribution < -0.4 is 4.90 Å². The molecule has 7 heteroatoms. The molecule has 2 rings (SSSR count). The number of benzene rings is 1. The first kappa shape index (κ1) is 17.5. The van der Waals surface area contributed by atoms with Crippen LogP contribution in [0.2, 0.25) is 0 Å². The number of rotatable bonds is 4. The van der Waals surface area contributed by atoms with Gasteiger partial charge in [-0.15, -0.1) is 0 Å². The summed E-state index contributed by atoms with van der Waals surface area (Å²) in [5.41, 5.74) is 0.915. The lowest BCUT2D eigenvalue weighted by Crippen LogP contribution is -2.36. The molecule has 0 aliphatic carbocycles. The third-order valence-electron chi connectivity index (χ3n) is 3.14. The average molecular weight is 331 g/mol. The number of hydrogen-bond donors (Lipinski definition) is 1. The van der Waals surface area contributed by atoms with E-state index in [0.717, 1.165) is 5.56 Å². The fraction of sp³-hybridized carbons (Fsp3) is 0.353. The number of aromatic carboxylic acids is 1. The molecule has 1 aromatic heterocycles. The van der Waals surface area contributed by atoms with E-state index in [0.29, 0.717) is 5.69 Å². The van der Waals surface area contributed by atoms with E-state index in [1.807, 2.05) is 6.20 Å². The number of aromatic nitrogens is 2. The molecule has 1 aromatic carbocycles. The van der Waals surface area contributed by atoms with Crippen molar-refractivity contribution in [2.75, 3.05) is 4.90 Å². The number of carbonyl (C=O) groups excluding carboxylic acids is 1. The smallest absolute Gasteiger partial charge is 0.415 e. The number of carboxylic acids is 1. The number of anilines is 1. The van der Waals surface area contributed by atoms with Gasteiger partial charge in [-0.1, -0.05) is 0 Å². The van der Waals surface area contributed by atoms with E-state index in [9.17, 15) is 9.59 Å². The van der Waals surface area contributed by atoms with Crippen LogP contribution in [0.1, 0.15) is 36.7 Å². The Bertz CT molecular complexity index is 729. The third-order valence-corrected chi connectivity index (χ3v) is 3.14. The molecular weight excluding hydrogens is 310 g/mol. The standard InChI is InChI=1S/C17H21N3O4/c1-17(2,3)24-16(23)20(11-12-9-18-19(4)10-12)14-7-5-13(6-8-14)15(21)22/h5-10H,11H2,1-4H3,(H,21,22). The van der Waals surface area contributed by atoms with Crippen molar-refractivity contribution < 1.29 is 19.4 Å². The van der Waals surface area contributed by atoms with Gasteiger partial charge in [-0.05, 0) is 45.0 Å². The van der Waals surface area contributed by atoms with Gasteiger partial charge in [-0.25, -0.2) is 9.59 Å². The Labute approximate surface area is 140 Å². The van der Waals surface area contributed by atoms with Crippen molar-refractivity contribution in [2.24, 2.45) is 7.05 Å². The summed E-state index contributed by atoms with van der Waals surface area (Å²) < 4.78 is 7.10. The van der Waals surface area contributed by atoms with Crippen LogP contribution in [-0.2, 0) is 18.3 Å². The van der Waals surface area contributed by atoms with Gasteiger partial charge < -0.3 is 9.84 Å². The number of hydrogen-bond acceptors (Lipinski definition) is 4. The summed E-state index contributed by atoms with van der Waals surface area (Å²) in [5, 5.41) is 13.1. The summed E-state index contributed by atoms with van der Waals surface area (Å²) in [5.74, 6) is -1.02. The van der Waals surface area contributed by atoms with E-state index in [4.69, 9.17) is 9.84 Å². The summed E-state index contributed by atoms with van der Waals surface area (Å²) in [6, 6.07) is 6.09. The van der Waals surface area contributed by atoms with Gasteiger partial charge in [-0.3, -0.25) is 9.58 Å². The molecule has 0 unspecified atom stereocenters. The van der Waals surface area contributed by atoms with Crippen molar-refractivity contribution >= 4 is 17.7 Å². The molecule has 0 bridgehead atoms. The van der Waals surface area contributed by atoms with Crippen molar-refractivity contribution in [1.82, 2.24) is 9.78 Å². The van der Waals surface area contributed by atoms with Crippen molar-refractivity contribution in [3.8, 4) is 0 Å². The maximum Gasteiger partial charge on any atom is 0.415 e. The van der Waals surface area contributed by atoms with E-state index < -0.39 is 17.7 Å². The number of nitrogens with zero attached hydrogens (tertiary/aromatic N) is 3. The Morgan fingerprint density at radius 3 is 2.33 bits per heavy atom. The van der Waals surface area contributed by atoms with E-state index in [1.54, 1.807) is 50.8 Å². The highest BCUT2D eigenvalue weighted by Crippen LogP contribution is 2.21. The monoisotopic (exact) mass is 331 g/mol. The minimum absolute atomic E-state index is 0.157. The fourth-order valence-corrected chi connectivity index (χ4v) is 2.10. The molecule has 0 radical (unpaired) electrons. The molecule has 24 heavy (non-hydrogen) atoms. The molecule has 0 saturated carbocycles. The van der Waals surface area contributed by atoms with E-state index in [1.165, 1.54) is 17.0 Å². The minimum Gasteiger partial charge on any atom is -0.478 e. The highest BCUT2D eigenvalue weighted by Gasteiger charge is 2.24. The molecule has 0 atom stereocenters. The normalized spacial score (nSPS) is 11.2. The van der Waals surface area contributed by atoms with Gasteiger partial charge in [0.2, 0.25) is 0 Å². The van der Waals surface area contributed by atoms with Crippen LogP contribution in [0.15, 0.2) is 36.7 Å². The van der Waals surface area contributed by atoms with Crippen LogP contribution in [0, 0.1) is 0 Å². The summed E-state index contributed by atoms with van der Waals surface area (Å²) >= 11 is 0. The predicted molar refractivity (Wildman–Crippen MR) is 89.0 cm³/mol. The Morgan fingerprint density at radius 1 is 1.25 bits per heavy atom. The molecule has 2 aromatic rings. The molecule has 1 amide bonds. The SMILES string of the molecule is Cn1cc(CN(C(=O)OC(C)(C)C)c2ccc(C(=O)O)cc2)cn1. The molecule has 0 aliphatic rings. The zero-order valence-electron chi connectivity index (χ0n) is 14.2. The fourth-order valence-electron chi connectivity index (χ4n) is 2.10. The van der Waals surface area contributed by atoms with Crippen LogP contribution >= 0.6 is 0 Å². The van der Waals surface area contributed by atoms with Gasteiger partial charge in [0.15, 0.2) is 0 Å². The first-order valence-corrected chi connectivity index (χ1v) is 7.47. The van der Waals surface area contributed by atoms with Gasteiger partial charge in [-0.2, -0.15) is 5.10 Å². The highest BCUT2D eigenvalue weighted by atomic mass is 16.6. The largest absolute Gasteiger partial charge is 0.478 e. The number of amides is 1. The maximum absolute atomic E-state index is 12.5. The summed E-state index contributed by atoms with van der Waals surface area (Å²) in [7, 11) is 1.79. The van der Waals surface area contributed by atoms with Gasteiger partial charge in [0.05, 0.1) is 18.3 Å². The molecule has 0 aliphatic heterocycles. The van der Waals surface area contributed by atoms with E-state index >= 15 is 0 Å². The second kappa shape index (κ2) is 6.74. The Hall–Kier alpha value is -2.83. The number of aryl methyl sites for hydroxylation is 1. The van der Waals surface area contributed by atoms with Crippen LogP contribution in [0.3, 0.4) is 0 Å². The second-order valence-corrected chi connectivity index (χ2v) is 6.44. The lowest BCUT2D eigenvalue weighted by Gasteiger charge is -2.27. The predicted octanol–water partition coefficient (Wildman–Crippen LogP) is 3.06. The number of carboxylic acid groups (broad SMARTS) is 1. The zero-order chi connectivity index (χ0) is 17.9. The van der Waals surface area contributed by atoms with E-state index in [-0.39, 0.29) is 12.1 Å². The van der Waals surface area contributed by atoms with Crippen molar-refractivity contribution in [2.45, 2.75) is 32.9 Å². The van der Waals surface area contributed by atoms with Gasteiger partial charge >= 0.3 is 12.1 Å². The molecular formula is C17H21N3O4. The van der Waals surface area contributed by atoms with Gasteiger partial charge in [0, 0.05) is 24.5 Å². The minimum atomic E-state index is -1.02. The van der Waals surface area contributed by atoms with Gasteiger partial charge in [0.25, 0.3) is 0 Å². The summed E-state index contributed by atoms with van der Waals surface area (Å²) in [6.07, 6.45) is 2.97. The summed E-state index contributed by atoms with van der Waals surface area (Å²) in [6.45, 7) is 5.65. The third kappa shape index (κ3) is 4.58. The van der Waals surface area contributed by atoms with Gasteiger partial charge in [0.1, 0.15) is 5.60 Å². The Morgan fingerprint density at radius 2 is 1.88 bits per heavy atom.